The second-order valence-corrected chi connectivity index (χ2v) is 8.04. The number of halogens is 1. The molecule has 2 heterocycles. The van der Waals surface area contributed by atoms with Gasteiger partial charge in [0.05, 0.1) is 13.2 Å². The molecule has 1 N–H and O–H groups in total. The third-order valence-electron chi connectivity index (χ3n) is 5.81. The highest BCUT2D eigenvalue weighted by Gasteiger charge is 2.34. The third-order valence-corrected chi connectivity index (χ3v) is 6.05. The average molecular weight is 395 g/mol. The minimum atomic E-state index is 0.217. The number of aryl methyl sites for hydroxylation is 1. The molecule has 6 heteroatoms. The lowest BCUT2D eigenvalue weighted by atomic mass is 9.86. The summed E-state index contributed by atoms with van der Waals surface area (Å²) in [6, 6.07) is 8.24. The molecule has 0 saturated carbocycles. The largest absolute Gasteiger partial charge is 0.396 e. The molecule has 150 valence electrons. The first kappa shape index (κ1) is 20.6. The molecule has 5 nitrogen and oxygen atoms in total. The van der Waals surface area contributed by atoms with Gasteiger partial charge in [0.2, 0.25) is 5.91 Å². The molecule has 0 unspecified atom stereocenters. The number of amides is 1. The molecule has 1 aromatic carbocycles. The fourth-order valence-corrected chi connectivity index (χ4v) is 4.59. The summed E-state index contributed by atoms with van der Waals surface area (Å²) in [6.45, 7) is 5.39. The molecular formula is C21H31ClN2O3. The highest BCUT2D eigenvalue weighted by molar-refractivity contribution is 6.30. The number of likely N-dealkylation sites (tertiary alicyclic amines) is 1. The van der Waals surface area contributed by atoms with Crippen LogP contribution in [-0.4, -0.2) is 72.9 Å². The first-order chi connectivity index (χ1) is 13.2. The van der Waals surface area contributed by atoms with Crippen LogP contribution in [0.5, 0.6) is 0 Å². The number of nitrogens with zero attached hydrogens (tertiary/aromatic N) is 2. The zero-order valence-corrected chi connectivity index (χ0v) is 16.7. The Labute approximate surface area is 167 Å². The van der Waals surface area contributed by atoms with E-state index in [-0.39, 0.29) is 12.5 Å². The minimum absolute atomic E-state index is 0.217. The normalized spacial score (nSPS) is 24.1. The Morgan fingerprint density at radius 3 is 2.81 bits per heavy atom. The van der Waals surface area contributed by atoms with E-state index in [1.807, 2.05) is 29.2 Å². The summed E-state index contributed by atoms with van der Waals surface area (Å²) < 4.78 is 5.49. The summed E-state index contributed by atoms with van der Waals surface area (Å²) in [5, 5.41) is 9.99. The SMILES string of the molecule is O=C(CCc1cccc(Cl)c1)N1CC[C@H](N2CCOCC2)[C@H](CCCO)C1. The lowest BCUT2D eigenvalue weighted by molar-refractivity contribution is -0.134. The van der Waals surface area contributed by atoms with Gasteiger partial charge in [0, 0.05) is 50.3 Å². The number of hydrogen-bond donors (Lipinski definition) is 1. The summed E-state index contributed by atoms with van der Waals surface area (Å²) >= 11 is 6.04. The van der Waals surface area contributed by atoms with E-state index in [4.69, 9.17) is 16.3 Å². The van der Waals surface area contributed by atoms with Crippen molar-refractivity contribution >= 4 is 17.5 Å². The lowest BCUT2D eigenvalue weighted by Crippen LogP contribution is -2.55. The van der Waals surface area contributed by atoms with Crippen LogP contribution in [0.1, 0.15) is 31.2 Å². The number of aliphatic hydroxyl groups excluding tert-OH is 1. The highest BCUT2D eigenvalue weighted by atomic mass is 35.5. The van der Waals surface area contributed by atoms with Crippen LogP contribution < -0.4 is 0 Å². The Morgan fingerprint density at radius 2 is 2.07 bits per heavy atom. The zero-order chi connectivity index (χ0) is 19.1. The quantitative estimate of drug-likeness (QED) is 0.772. The standard InChI is InChI=1S/C21H31ClN2O3/c22-19-5-1-3-17(15-19)6-7-21(26)24-9-8-20(18(16-24)4-2-12-25)23-10-13-27-14-11-23/h1,3,5,15,18,20,25H,2,4,6-14,16H2/t18-,20+/m1/s1. The lowest BCUT2D eigenvalue weighted by Gasteiger charge is -2.45. The maximum atomic E-state index is 12.8. The summed E-state index contributed by atoms with van der Waals surface area (Å²) in [7, 11) is 0. The van der Waals surface area contributed by atoms with Gasteiger partial charge in [0.15, 0.2) is 0 Å². The Morgan fingerprint density at radius 1 is 1.26 bits per heavy atom. The summed E-state index contributed by atoms with van der Waals surface area (Å²) in [5.74, 6) is 0.656. The molecular weight excluding hydrogens is 364 g/mol. The number of piperidine rings is 1. The van der Waals surface area contributed by atoms with Crippen LogP contribution in [0.25, 0.3) is 0 Å². The Bertz CT molecular complexity index is 607. The molecule has 0 aliphatic carbocycles. The number of ether oxygens (including phenoxy) is 1. The van der Waals surface area contributed by atoms with Crippen molar-refractivity contribution in [3.8, 4) is 0 Å². The van der Waals surface area contributed by atoms with Crippen LogP contribution in [0.15, 0.2) is 24.3 Å². The molecule has 2 atom stereocenters. The monoisotopic (exact) mass is 394 g/mol. The molecule has 0 spiro atoms. The fraction of sp³-hybridized carbons (Fsp3) is 0.667. The van der Waals surface area contributed by atoms with Gasteiger partial charge in [-0.1, -0.05) is 23.7 Å². The Balaban J connectivity index is 1.55. The number of morpholine rings is 1. The molecule has 27 heavy (non-hydrogen) atoms. The predicted molar refractivity (Wildman–Crippen MR) is 107 cm³/mol. The van der Waals surface area contributed by atoms with Crippen molar-refractivity contribution in [3.63, 3.8) is 0 Å². The summed E-state index contributed by atoms with van der Waals surface area (Å²) in [5.41, 5.74) is 1.11. The molecule has 2 saturated heterocycles. The second kappa shape index (κ2) is 10.4. The van der Waals surface area contributed by atoms with E-state index in [2.05, 4.69) is 4.90 Å². The van der Waals surface area contributed by atoms with Gasteiger partial charge in [0.25, 0.3) is 0 Å². The topological polar surface area (TPSA) is 53.0 Å². The highest BCUT2D eigenvalue weighted by Crippen LogP contribution is 2.27. The van der Waals surface area contributed by atoms with E-state index in [0.717, 1.165) is 75.7 Å². The minimum Gasteiger partial charge on any atom is -0.396 e. The predicted octanol–water partition coefficient (Wildman–Crippen LogP) is 2.59. The van der Waals surface area contributed by atoms with E-state index in [0.29, 0.717) is 18.4 Å². The molecule has 2 aliphatic rings. The van der Waals surface area contributed by atoms with Crippen molar-refractivity contribution < 1.29 is 14.6 Å². The van der Waals surface area contributed by atoms with Crippen molar-refractivity contribution in [2.75, 3.05) is 46.0 Å². The summed E-state index contributed by atoms with van der Waals surface area (Å²) in [6.07, 6.45) is 4.03. The van der Waals surface area contributed by atoms with Crippen molar-refractivity contribution in [2.24, 2.45) is 5.92 Å². The van der Waals surface area contributed by atoms with Crippen LogP contribution in [0, 0.1) is 5.92 Å². The van der Waals surface area contributed by atoms with Gasteiger partial charge < -0.3 is 14.7 Å². The van der Waals surface area contributed by atoms with Crippen LogP contribution >= 0.6 is 11.6 Å². The second-order valence-electron chi connectivity index (χ2n) is 7.60. The van der Waals surface area contributed by atoms with E-state index < -0.39 is 0 Å². The molecule has 2 aliphatic heterocycles. The van der Waals surface area contributed by atoms with Gasteiger partial charge in [-0.15, -0.1) is 0 Å². The number of carbonyl (C=O) groups is 1. The molecule has 0 bridgehead atoms. The van der Waals surface area contributed by atoms with Gasteiger partial charge >= 0.3 is 0 Å². The number of rotatable bonds is 7. The van der Waals surface area contributed by atoms with E-state index in [1.165, 1.54) is 0 Å². The van der Waals surface area contributed by atoms with Gasteiger partial charge in [-0.25, -0.2) is 0 Å². The number of hydrogen-bond acceptors (Lipinski definition) is 4. The summed E-state index contributed by atoms with van der Waals surface area (Å²) in [4.78, 5) is 17.3. The van der Waals surface area contributed by atoms with Crippen LogP contribution in [0.4, 0.5) is 0 Å². The fourth-order valence-electron chi connectivity index (χ4n) is 4.38. The van der Waals surface area contributed by atoms with Gasteiger partial charge in [0.1, 0.15) is 0 Å². The van der Waals surface area contributed by atoms with Gasteiger partial charge in [-0.05, 0) is 49.3 Å². The number of aliphatic hydroxyl groups is 1. The van der Waals surface area contributed by atoms with Crippen molar-refractivity contribution in [3.05, 3.63) is 34.9 Å². The molecule has 1 aromatic rings. The van der Waals surface area contributed by atoms with Gasteiger partial charge in [-0.3, -0.25) is 9.69 Å². The molecule has 0 aromatic heterocycles. The molecule has 2 fully saturated rings. The maximum Gasteiger partial charge on any atom is 0.222 e. The number of carbonyl (C=O) groups excluding carboxylic acids is 1. The first-order valence-electron chi connectivity index (χ1n) is 10.1. The van der Waals surface area contributed by atoms with E-state index in [9.17, 15) is 9.90 Å². The van der Waals surface area contributed by atoms with Crippen molar-refractivity contribution in [2.45, 2.75) is 38.1 Å². The number of benzene rings is 1. The van der Waals surface area contributed by atoms with Crippen molar-refractivity contribution in [1.82, 2.24) is 9.80 Å². The first-order valence-corrected chi connectivity index (χ1v) is 10.5. The van der Waals surface area contributed by atoms with Crippen LogP contribution in [0.3, 0.4) is 0 Å². The van der Waals surface area contributed by atoms with Crippen LogP contribution in [-0.2, 0) is 16.0 Å². The Kier molecular flexibility index (Phi) is 7.94. The average Bonchev–Trinajstić information content (AvgIpc) is 2.71. The van der Waals surface area contributed by atoms with E-state index >= 15 is 0 Å². The third kappa shape index (κ3) is 5.92. The van der Waals surface area contributed by atoms with E-state index in [1.54, 1.807) is 0 Å². The maximum absolute atomic E-state index is 12.8. The molecule has 3 rings (SSSR count). The molecule has 0 radical (unpaired) electrons. The van der Waals surface area contributed by atoms with Gasteiger partial charge in [-0.2, -0.15) is 0 Å². The van der Waals surface area contributed by atoms with Crippen LogP contribution in [0.2, 0.25) is 5.02 Å². The molecule has 1 amide bonds. The zero-order valence-electron chi connectivity index (χ0n) is 16.0. The smallest absolute Gasteiger partial charge is 0.222 e. The Hall–Kier alpha value is -1.14. The van der Waals surface area contributed by atoms with Crippen molar-refractivity contribution in [1.29, 1.82) is 0 Å².